The SMILES string of the molecule is CCn1nccc1C(=O)N1CCN(c2ccc(C#N)c(C(F)(F)F)c2)CC1C(=O)N(C)C. The predicted molar refractivity (Wildman–Crippen MR) is 110 cm³/mol. The van der Waals surface area contributed by atoms with Crippen LogP contribution in [0.4, 0.5) is 18.9 Å². The number of piperazine rings is 1. The van der Waals surface area contributed by atoms with Gasteiger partial charge in [0.25, 0.3) is 5.91 Å². The Labute approximate surface area is 183 Å². The van der Waals surface area contributed by atoms with Gasteiger partial charge in [0.1, 0.15) is 11.7 Å². The highest BCUT2D eigenvalue weighted by Crippen LogP contribution is 2.35. The molecule has 32 heavy (non-hydrogen) atoms. The molecule has 0 radical (unpaired) electrons. The maximum atomic E-state index is 13.4. The third kappa shape index (κ3) is 4.39. The molecule has 3 rings (SSSR count). The van der Waals surface area contributed by atoms with Crippen molar-refractivity contribution in [2.75, 3.05) is 38.6 Å². The molecule has 11 heteroatoms. The molecule has 1 saturated heterocycles. The molecular weight excluding hydrogens is 425 g/mol. The lowest BCUT2D eigenvalue weighted by Gasteiger charge is -2.42. The van der Waals surface area contributed by atoms with E-state index in [4.69, 9.17) is 5.26 Å². The van der Waals surface area contributed by atoms with Gasteiger partial charge in [0, 0.05) is 52.2 Å². The minimum absolute atomic E-state index is 0.0201. The van der Waals surface area contributed by atoms with E-state index in [2.05, 4.69) is 5.10 Å². The van der Waals surface area contributed by atoms with E-state index in [0.717, 1.165) is 12.1 Å². The van der Waals surface area contributed by atoms with E-state index in [9.17, 15) is 22.8 Å². The largest absolute Gasteiger partial charge is 0.417 e. The summed E-state index contributed by atoms with van der Waals surface area (Å²) >= 11 is 0. The first-order chi connectivity index (χ1) is 15.1. The number of nitriles is 1. The first-order valence-corrected chi connectivity index (χ1v) is 9.98. The molecule has 1 unspecified atom stereocenters. The van der Waals surface area contributed by atoms with Crippen molar-refractivity contribution in [2.24, 2.45) is 0 Å². The molecule has 1 aromatic carbocycles. The van der Waals surface area contributed by atoms with Gasteiger partial charge in [-0.25, -0.2) is 0 Å². The molecule has 170 valence electrons. The van der Waals surface area contributed by atoms with E-state index in [1.165, 1.54) is 26.7 Å². The molecule has 2 aromatic rings. The third-order valence-electron chi connectivity index (χ3n) is 5.40. The van der Waals surface area contributed by atoms with E-state index in [1.807, 2.05) is 6.92 Å². The summed E-state index contributed by atoms with van der Waals surface area (Å²) < 4.78 is 41.7. The van der Waals surface area contributed by atoms with Crippen LogP contribution in [-0.2, 0) is 17.5 Å². The van der Waals surface area contributed by atoms with Gasteiger partial charge in [-0.05, 0) is 31.2 Å². The topological polar surface area (TPSA) is 85.5 Å². The van der Waals surface area contributed by atoms with E-state index in [1.54, 1.807) is 31.1 Å². The number of amides is 2. The zero-order chi connectivity index (χ0) is 23.6. The molecule has 2 amide bonds. The second-order valence-corrected chi connectivity index (χ2v) is 7.56. The van der Waals surface area contributed by atoms with Gasteiger partial charge < -0.3 is 14.7 Å². The fraction of sp³-hybridized carbons (Fsp3) is 0.429. The lowest BCUT2D eigenvalue weighted by molar-refractivity contribution is -0.138. The quantitative estimate of drug-likeness (QED) is 0.716. The number of alkyl halides is 3. The van der Waals surface area contributed by atoms with Gasteiger partial charge in [-0.15, -0.1) is 0 Å². The zero-order valence-corrected chi connectivity index (χ0v) is 17.9. The standard InChI is InChI=1S/C21H23F3N6O2/c1-4-30-17(7-8-26-30)20(32)29-10-9-28(13-18(29)19(31)27(2)3)15-6-5-14(12-25)16(11-15)21(22,23)24/h5-8,11,18H,4,9-10,13H2,1-3H3. The number of carbonyl (C=O) groups excluding carboxylic acids is 2. The van der Waals surface area contributed by atoms with Gasteiger partial charge in [-0.3, -0.25) is 14.3 Å². The van der Waals surface area contributed by atoms with Crippen molar-refractivity contribution in [3.63, 3.8) is 0 Å². The Hall–Kier alpha value is -3.55. The number of benzene rings is 1. The predicted octanol–water partition coefficient (Wildman–Crippen LogP) is 2.21. The number of anilines is 1. The van der Waals surface area contributed by atoms with Gasteiger partial charge >= 0.3 is 6.18 Å². The monoisotopic (exact) mass is 448 g/mol. The Kier molecular flexibility index (Phi) is 6.43. The summed E-state index contributed by atoms with van der Waals surface area (Å²) in [5.74, 6) is -0.699. The van der Waals surface area contributed by atoms with Crippen molar-refractivity contribution in [2.45, 2.75) is 25.7 Å². The van der Waals surface area contributed by atoms with Crippen molar-refractivity contribution in [3.8, 4) is 6.07 Å². The lowest BCUT2D eigenvalue weighted by Crippen LogP contribution is -2.60. The average molecular weight is 448 g/mol. The fourth-order valence-electron chi connectivity index (χ4n) is 3.74. The van der Waals surface area contributed by atoms with E-state index in [-0.39, 0.29) is 37.1 Å². The van der Waals surface area contributed by atoms with Crippen LogP contribution in [-0.4, -0.2) is 71.2 Å². The molecule has 8 nitrogen and oxygen atoms in total. The molecule has 1 aromatic heterocycles. The third-order valence-corrected chi connectivity index (χ3v) is 5.40. The summed E-state index contributed by atoms with van der Waals surface area (Å²) in [4.78, 5) is 30.5. The Morgan fingerprint density at radius 1 is 1.25 bits per heavy atom. The summed E-state index contributed by atoms with van der Waals surface area (Å²) in [5, 5.41) is 13.1. The highest BCUT2D eigenvalue weighted by molar-refractivity contribution is 5.96. The van der Waals surface area contributed by atoms with Gasteiger partial charge in [-0.2, -0.15) is 23.5 Å². The van der Waals surface area contributed by atoms with Crippen molar-refractivity contribution in [3.05, 3.63) is 47.3 Å². The highest BCUT2D eigenvalue weighted by atomic mass is 19.4. The summed E-state index contributed by atoms with van der Waals surface area (Å²) in [5.41, 5.74) is -0.920. The molecule has 1 aliphatic heterocycles. The number of carbonyl (C=O) groups is 2. The fourth-order valence-corrected chi connectivity index (χ4v) is 3.74. The van der Waals surface area contributed by atoms with Crippen LogP contribution in [0, 0.1) is 11.3 Å². The number of aromatic nitrogens is 2. The zero-order valence-electron chi connectivity index (χ0n) is 17.9. The maximum Gasteiger partial charge on any atom is 0.417 e. The minimum Gasteiger partial charge on any atom is -0.367 e. The van der Waals surface area contributed by atoms with Gasteiger partial charge in [0.2, 0.25) is 5.91 Å². The van der Waals surface area contributed by atoms with E-state index >= 15 is 0 Å². The second kappa shape index (κ2) is 8.90. The lowest BCUT2D eigenvalue weighted by atomic mass is 10.0. The Bertz CT molecular complexity index is 1060. The molecule has 0 aliphatic carbocycles. The average Bonchev–Trinajstić information content (AvgIpc) is 3.25. The molecule has 0 N–H and O–H groups in total. The molecule has 0 bridgehead atoms. The van der Waals surface area contributed by atoms with Crippen molar-refractivity contribution in [1.29, 1.82) is 5.26 Å². The molecule has 1 atom stereocenters. The van der Waals surface area contributed by atoms with Crippen LogP contribution in [0.1, 0.15) is 28.5 Å². The smallest absolute Gasteiger partial charge is 0.367 e. The summed E-state index contributed by atoms with van der Waals surface area (Å²) in [6.45, 7) is 2.71. The normalized spacial score (nSPS) is 16.6. The summed E-state index contributed by atoms with van der Waals surface area (Å²) in [6.07, 6.45) is -3.18. The van der Waals surface area contributed by atoms with Crippen molar-refractivity contribution in [1.82, 2.24) is 19.6 Å². The Morgan fingerprint density at radius 3 is 2.56 bits per heavy atom. The number of nitrogens with zero attached hydrogens (tertiary/aromatic N) is 6. The number of likely N-dealkylation sites (N-methyl/N-ethyl adjacent to an activating group) is 1. The number of hydrogen-bond acceptors (Lipinski definition) is 5. The Balaban J connectivity index is 1.94. The minimum atomic E-state index is -4.68. The van der Waals surface area contributed by atoms with Gasteiger partial charge in [-0.1, -0.05) is 0 Å². The first-order valence-electron chi connectivity index (χ1n) is 9.98. The molecule has 0 spiro atoms. The van der Waals surface area contributed by atoms with Crippen LogP contribution in [0.25, 0.3) is 0 Å². The van der Waals surface area contributed by atoms with Crippen LogP contribution < -0.4 is 4.90 Å². The summed E-state index contributed by atoms with van der Waals surface area (Å²) in [7, 11) is 3.12. The van der Waals surface area contributed by atoms with E-state index in [0.29, 0.717) is 12.2 Å². The van der Waals surface area contributed by atoms with Crippen molar-refractivity contribution >= 4 is 17.5 Å². The molecule has 0 saturated carbocycles. The molecule has 1 aliphatic rings. The first kappa shape index (κ1) is 23.1. The summed E-state index contributed by atoms with van der Waals surface area (Å²) in [6, 6.07) is 5.71. The second-order valence-electron chi connectivity index (χ2n) is 7.56. The van der Waals surface area contributed by atoms with E-state index < -0.39 is 23.3 Å². The number of rotatable bonds is 4. The van der Waals surface area contributed by atoms with Crippen LogP contribution in [0.15, 0.2) is 30.5 Å². The number of hydrogen-bond donors (Lipinski definition) is 0. The number of halogens is 3. The van der Waals surface area contributed by atoms with Crippen LogP contribution in [0.5, 0.6) is 0 Å². The van der Waals surface area contributed by atoms with Gasteiger partial charge in [0.15, 0.2) is 0 Å². The Morgan fingerprint density at radius 2 is 1.97 bits per heavy atom. The van der Waals surface area contributed by atoms with Crippen LogP contribution in [0.3, 0.4) is 0 Å². The van der Waals surface area contributed by atoms with Crippen LogP contribution >= 0.6 is 0 Å². The molecule has 2 heterocycles. The molecular formula is C21H23F3N6O2. The van der Waals surface area contributed by atoms with Crippen LogP contribution in [0.2, 0.25) is 0 Å². The van der Waals surface area contributed by atoms with Crippen molar-refractivity contribution < 1.29 is 22.8 Å². The molecule has 1 fully saturated rings. The highest BCUT2D eigenvalue weighted by Gasteiger charge is 2.39. The number of aryl methyl sites for hydroxylation is 1. The van der Waals surface area contributed by atoms with Gasteiger partial charge in [0.05, 0.1) is 17.2 Å². The maximum absolute atomic E-state index is 13.4.